The number of benzene rings is 1. The number of carbonyl (C=O) groups excluding carboxylic acids is 1. The molecule has 0 bridgehead atoms. The third-order valence-corrected chi connectivity index (χ3v) is 6.17. The normalized spacial score (nSPS) is 16.7. The zero-order valence-electron chi connectivity index (χ0n) is 14.8. The Kier molecular flexibility index (Phi) is 5.45. The van der Waals surface area contributed by atoms with Crippen LogP contribution >= 0.6 is 0 Å². The molecular formula is C18H24N4O3S. The summed E-state index contributed by atoms with van der Waals surface area (Å²) in [6.45, 7) is 2.18. The number of sulfonamides is 1. The Bertz CT molecular complexity index is 871. The number of primary amides is 1. The summed E-state index contributed by atoms with van der Waals surface area (Å²) < 4.78 is 29.5. The van der Waals surface area contributed by atoms with Crippen LogP contribution in [0.25, 0.3) is 0 Å². The van der Waals surface area contributed by atoms with Crippen LogP contribution in [-0.2, 0) is 17.1 Å². The molecule has 1 amide bonds. The number of nitrogens with one attached hydrogen (secondary N) is 1. The Morgan fingerprint density at radius 2 is 1.88 bits per heavy atom. The van der Waals surface area contributed by atoms with E-state index in [2.05, 4.69) is 9.62 Å². The SMILES string of the molecule is Cn1cc(S(=O)(=O)NCC(c2ccccc2)N2CCCC2)cc1C(N)=O. The Balaban J connectivity index is 1.79. The molecule has 0 spiro atoms. The quantitative estimate of drug-likeness (QED) is 0.760. The van der Waals surface area contributed by atoms with Gasteiger partial charge in [0.2, 0.25) is 10.0 Å². The van der Waals surface area contributed by atoms with Crippen molar-refractivity contribution in [3.63, 3.8) is 0 Å². The van der Waals surface area contributed by atoms with Crippen LogP contribution in [-0.4, -0.2) is 43.4 Å². The molecule has 1 saturated heterocycles. The molecule has 1 aliphatic heterocycles. The molecule has 1 unspecified atom stereocenters. The fraction of sp³-hybridized carbons (Fsp3) is 0.389. The van der Waals surface area contributed by atoms with Gasteiger partial charge in [0, 0.05) is 25.8 Å². The minimum atomic E-state index is -3.73. The van der Waals surface area contributed by atoms with Crippen molar-refractivity contribution in [1.29, 1.82) is 0 Å². The van der Waals surface area contributed by atoms with Crippen LogP contribution in [0, 0.1) is 0 Å². The van der Waals surface area contributed by atoms with Gasteiger partial charge in [-0.3, -0.25) is 9.69 Å². The van der Waals surface area contributed by atoms with E-state index in [-0.39, 0.29) is 23.2 Å². The van der Waals surface area contributed by atoms with Gasteiger partial charge in [-0.1, -0.05) is 30.3 Å². The Morgan fingerprint density at radius 3 is 2.46 bits per heavy atom. The maximum atomic E-state index is 12.7. The van der Waals surface area contributed by atoms with Crippen LogP contribution < -0.4 is 10.5 Å². The summed E-state index contributed by atoms with van der Waals surface area (Å²) in [4.78, 5) is 13.7. The third-order valence-electron chi connectivity index (χ3n) is 4.78. The topological polar surface area (TPSA) is 97.4 Å². The van der Waals surface area contributed by atoms with Crippen molar-refractivity contribution in [3.8, 4) is 0 Å². The first-order valence-corrected chi connectivity index (χ1v) is 10.1. The van der Waals surface area contributed by atoms with Crippen molar-refractivity contribution < 1.29 is 13.2 Å². The van der Waals surface area contributed by atoms with Crippen molar-refractivity contribution in [2.75, 3.05) is 19.6 Å². The summed E-state index contributed by atoms with van der Waals surface area (Å²) in [7, 11) is -2.14. The zero-order chi connectivity index (χ0) is 18.7. The van der Waals surface area contributed by atoms with Crippen LogP contribution in [0.1, 0.15) is 34.9 Å². The highest BCUT2D eigenvalue weighted by atomic mass is 32.2. The average molecular weight is 376 g/mol. The van der Waals surface area contributed by atoms with E-state index in [1.165, 1.54) is 16.8 Å². The van der Waals surface area contributed by atoms with Crippen LogP contribution in [0.3, 0.4) is 0 Å². The standard InChI is InChI=1S/C18H24N4O3S/c1-21-13-15(11-16(21)18(19)23)26(24,25)20-12-17(22-9-5-6-10-22)14-7-3-2-4-8-14/h2-4,7-8,11,13,17,20H,5-6,9-10,12H2,1H3,(H2,19,23). The lowest BCUT2D eigenvalue weighted by Crippen LogP contribution is -2.36. The van der Waals surface area contributed by atoms with Gasteiger partial charge in [-0.25, -0.2) is 13.1 Å². The number of likely N-dealkylation sites (tertiary alicyclic amines) is 1. The maximum Gasteiger partial charge on any atom is 0.265 e. The molecule has 8 heteroatoms. The second-order valence-electron chi connectivity index (χ2n) is 6.56. The molecule has 0 saturated carbocycles. The molecule has 7 nitrogen and oxygen atoms in total. The number of amides is 1. The lowest BCUT2D eigenvalue weighted by molar-refractivity contribution is 0.0992. The molecule has 26 heavy (non-hydrogen) atoms. The Morgan fingerprint density at radius 1 is 1.23 bits per heavy atom. The molecule has 0 radical (unpaired) electrons. The van der Waals surface area contributed by atoms with Gasteiger partial charge < -0.3 is 10.3 Å². The van der Waals surface area contributed by atoms with Gasteiger partial charge in [0.15, 0.2) is 0 Å². The smallest absolute Gasteiger partial charge is 0.265 e. The van der Waals surface area contributed by atoms with E-state index >= 15 is 0 Å². The first-order valence-electron chi connectivity index (χ1n) is 8.63. The van der Waals surface area contributed by atoms with Crippen LogP contribution in [0.5, 0.6) is 0 Å². The molecular weight excluding hydrogens is 352 g/mol. The van der Waals surface area contributed by atoms with E-state index in [9.17, 15) is 13.2 Å². The van der Waals surface area contributed by atoms with Gasteiger partial charge in [0.25, 0.3) is 5.91 Å². The molecule has 3 rings (SSSR count). The fourth-order valence-electron chi connectivity index (χ4n) is 3.38. The second-order valence-corrected chi connectivity index (χ2v) is 8.32. The molecule has 1 aromatic heterocycles. The molecule has 1 aromatic carbocycles. The molecule has 1 aliphatic rings. The number of nitrogens with zero attached hydrogens (tertiary/aromatic N) is 2. The number of aromatic nitrogens is 1. The summed E-state index contributed by atoms with van der Waals surface area (Å²) in [6.07, 6.45) is 3.64. The van der Waals surface area contributed by atoms with E-state index in [1.807, 2.05) is 30.3 Å². The number of hydrogen-bond donors (Lipinski definition) is 2. The van der Waals surface area contributed by atoms with Crippen LogP contribution in [0.4, 0.5) is 0 Å². The van der Waals surface area contributed by atoms with Crippen molar-refractivity contribution in [1.82, 2.24) is 14.2 Å². The number of hydrogen-bond acceptors (Lipinski definition) is 4. The molecule has 1 fully saturated rings. The highest BCUT2D eigenvalue weighted by Crippen LogP contribution is 2.25. The lowest BCUT2D eigenvalue weighted by atomic mass is 10.1. The lowest BCUT2D eigenvalue weighted by Gasteiger charge is -2.28. The highest BCUT2D eigenvalue weighted by molar-refractivity contribution is 7.89. The number of rotatable bonds is 7. The molecule has 140 valence electrons. The third kappa shape index (κ3) is 3.98. The van der Waals surface area contributed by atoms with E-state index in [0.717, 1.165) is 31.5 Å². The van der Waals surface area contributed by atoms with Gasteiger partial charge in [0.1, 0.15) is 10.6 Å². The van der Waals surface area contributed by atoms with Gasteiger partial charge in [-0.05, 0) is 37.6 Å². The summed E-state index contributed by atoms with van der Waals surface area (Å²) in [5, 5.41) is 0. The van der Waals surface area contributed by atoms with Gasteiger partial charge >= 0.3 is 0 Å². The fourth-order valence-corrected chi connectivity index (χ4v) is 4.49. The molecule has 0 aliphatic carbocycles. The first-order chi connectivity index (χ1) is 12.4. The average Bonchev–Trinajstić information content (AvgIpc) is 3.26. The van der Waals surface area contributed by atoms with Gasteiger partial charge in [0.05, 0.1) is 0 Å². The minimum Gasteiger partial charge on any atom is -0.364 e. The van der Waals surface area contributed by atoms with E-state index in [0.29, 0.717) is 0 Å². The maximum absolute atomic E-state index is 12.7. The van der Waals surface area contributed by atoms with Crippen molar-refractivity contribution in [2.45, 2.75) is 23.8 Å². The van der Waals surface area contributed by atoms with Crippen LogP contribution in [0.2, 0.25) is 0 Å². The Labute approximate surface area is 153 Å². The van der Waals surface area contributed by atoms with Crippen molar-refractivity contribution >= 4 is 15.9 Å². The predicted octanol–water partition coefficient (Wildman–Crippen LogP) is 1.24. The first kappa shape index (κ1) is 18.6. The van der Waals surface area contributed by atoms with Crippen molar-refractivity contribution in [3.05, 3.63) is 53.9 Å². The number of carbonyl (C=O) groups is 1. The monoisotopic (exact) mass is 376 g/mol. The summed E-state index contributed by atoms with van der Waals surface area (Å²) in [5.41, 5.74) is 6.51. The molecule has 2 heterocycles. The van der Waals surface area contributed by atoms with Gasteiger partial charge in [-0.15, -0.1) is 0 Å². The summed E-state index contributed by atoms with van der Waals surface area (Å²) in [6, 6.07) is 11.2. The largest absolute Gasteiger partial charge is 0.364 e. The van der Waals surface area contributed by atoms with E-state index in [1.54, 1.807) is 7.05 Å². The number of aryl methyl sites for hydroxylation is 1. The Hall–Kier alpha value is -2.16. The van der Waals surface area contributed by atoms with E-state index in [4.69, 9.17) is 5.73 Å². The summed E-state index contributed by atoms with van der Waals surface area (Å²) >= 11 is 0. The van der Waals surface area contributed by atoms with Gasteiger partial charge in [-0.2, -0.15) is 0 Å². The zero-order valence-corrected chi connectivity index (χ0v) is 15.6. The molecule has 1 atom stereocenters. The molecule has 2 aromatic rings. The molecule has 3 N–H and O–H groups in total. The van der Waals surface area contributed by atoms with Crippen molar-refractivity contribution in [2.24, 2.45) is 12.8 Å². The minimum absolute atomic E-state index is 0.0206. The number of nitrogens with two attached hydrogens (primary N) is 1. The summed E-state index contributed by atoms with van der Waals surface area (Å²) in [5.74, 6) is -0.659. The second kappa shape index (κ2) is 7.61. The highest BCUT2D eigenvalue weighted by Gasteiger charge is 2.26. The van der Waals surface area contributed by atoms with E-state index < -0.39 is 15.9 Å². The van der Waals surface area contributed by atoms with Crippen LogP contribution in [0.15, 0.2) is 47.5 Å². The predicted molar refractivity (Wildman–Crippen MR) is 99.1 cm³/mol.